The zero-order chi connectivity index (χ0) is 87.9. The average molecular weight is 1790 g/mol. The van der Waals surface area contributed by atoms with E-state index in [2.05, 4.69) is 63.6 Å². The SMILES string of the molecule is COc1cc(-c2cccc(-c3ccc4c(c3)OC(CN)CO4)c2C)cc(F)c1CN.COc1cc(-c2cccc(C)c2C)cc(F)c1CNC(=O)OC(C)(C)C.Oc1ccc(Br)cc1O.[C-]#[N+]C(=C)Cl.[C-]#[N+]C1COc2ccc(-c3cccc(-c4cc(F)c(CNC(=O)OC(C)(C)C)c(OC)c4)c3C)cc2O1.[C-]#[N+]C1COc2ccc(Br)cc2O1. The highest BCUT2D eigenvalue weighted by Crippen LogP contribution is 2.44. The molecule has 0 saturated carbocycles. The zero-order valence-corrected chi connectivity index (χ0v) is 72.4. The first-order valence-electron chi connectivity index (χ1n) is 37.3. The number of aryl methyl sites for hydroxylation is 1. The van der Waals surface area contributed by atoms with E-state index in [1.54, 1.807) is 65.8 Å². The van der Waals surface area contributed by atoms with E-state index >= 15 is 4.39 Å². The second kappa shape index (κ2) is 42.9. The van der Waals surface area contributed by atoms with Gasteiger partial charge in [0.25, 0.3) is 0 Å². The van der Waals surface area contributed by atoms with Crippen molar-refractivity contribution >= 4 is 55.6 Å². The summed E-state index contributed by atoms with van der Waals surface area (Å²) in [5.41, 5.74) is 23.8. The maximum atomic E-state index is 15.3. The van der Waals surface area contributed by atoms with Crippen molar-refractivity contribution in [2.45, 2.75) is 119 Å². The van der Waals surface area contributed by atoms with E-state index in [4.69, 9.17) is 105 Å². The molecule has 0 fully saturated rings. The van der Waals surface area contributed by atoms with Crippen LogP contribution in [0.3, 0.4) is 0 Å². The van der Waals surface area contributed by atoms with Gasteiger partial charge in [-0.2, -0.15) is 0 Å². The van der Waals surface area contributed by atoms with Gasteiger partial charge < -0.3 is 84.4 Å². The number of amides is 2. The molecule has 3 heterocycles. The number of rotatable bonds is 14. The van der Waals surface area contributed by atoms with E-state index in [0.29, 0.717) is 82.6 Å². The standard InChI is InChI=1S/C29H29FN2O5.C24H25FN2O3.C21H26FNO3.C9H6BrNO2.C6H5BrO2.C3H2ClN/c1-17-20(18-10-11-24-26(13-18)36-27(31-5)16-35-24)8-7-9-21(17)19-12-23(30)22(25(14-19)34-6)15-32-28(33)37-29(2,3)4;1-14-18(15-6-7-22-24(9-15)30-17(11-26)13-29-22)4-3-5-19(14)16-8-21(25)20(12-27)23(10-16)28-2;1-13-8-7-9-16(14(13)2)15-10-18(22)17(19(11-15)25-6)12-23-20(24)26-21(3,4)5;1-11-9-5-12-7-3-2-6(10)4-8(7)13-9;7-4-1-2-5(8)6(9)3-4;1-3(4)5-2/h7-14,27H,15-16H2,1-4,6H3,(H,32,33);3-10,17H,11-13,26-27H2,1-2H3;7-11H,12H2,1-6H3,(H,23,24);2-4,9H,5H2;1-3,8-9H;1H2. The van der Waals surface area contributed by atoms with Gasteiger partial charge in [0, 0.05) is 38.7 Å². The Morgan fingerprint density at radius 1 is 0.500 bits per heavy atom. The summed E-state index contributed by atoms with van der Waals surface area (Å²) in [5.74, 6) is 3.47. The van der Waals surface area contributed by atoms with E-state index in [9.17, 15) is 18.4 Å². The highest BCUT2D eigenvalue weighted by Gasteiger charge is 2.29. The molecule has 13 rings (SSSR count). The van der Waals surface area contributed by atoms with Crippen LogP contribution in [0.5, 0.6) is 63.2 Å². The molecule has 3 aliphatic rings. The maximum Gasteiger partial charge on any atom is 0.407 e. The minimum Gasteiger partial charge on any atom is -0.504 e. The third-order valence-electron chi connectivity index (χ3n) is 18.2. The van der Waals surface area contributed by atoms with Crippen LogP contribution in [0.15, 0.2) is 184 Å². The lowest BCUT2D eigenvalue weighted by Gasteiger charge is -2.26. The number of aromatic hydroxyl groups is 2. The summed E-state index contributed by atoms with van der Waals surface area (Å²) >= 11 is 11.4. The lowest BCUT2D eigenvalue weighted by molar-refractivity contribution is 0.0511. The Labute approximate surface area is 718 Å². The molecule has 8 N–H and O–H groups in total. The number of hydrogen-bond acceptors (Lipinski definition) is 17. The average Bonchev–Trinajstić information content (AvgIpc) is 0.783. The van der Waals surface area contributed by atoms with Crippen molar-refractivity contribution in [1.29, 1.82) is 0 Å². The summed E-state index contributed by atoms with van der Waals surface area (Å²) in [6, 6.07) is 48.9. The Hall–Kier alpha value is -12.3. The fourth-order valence-electron chi connectivity index (χ4n) is 12.2. The number of nitrogens with one attached hydrogen (secondary N) is 2. The molecule has 3 unspecified atom stereocenters. The van der Waals surface area contributed by atoms with E-state index in [-0.39, 0.29) is 65.9 Å². The molecule has 0 spiro atoms. The summed E-state index contributed by atoms with van der Waals surface area (Å²) in [7, 11) is 4.47. The summed E-state index contributed by atoms with van der Waals surface area (Å²) in [5, 5.41) is 22.8. The lowest BCUT2D eigenvalue weighted by Crippen LogP contribution is -2.35. The predicted molar refractivity (Wildman–Crippen MR) is 464 cm³/mol. The molecule has 3 atom stereocenters. The van der Waals surface area contributed by atoms with Crippen LogP contribution >= 0.6 is 43.5 Å². The molecule has 0 bridgehead atoms. The van der Waals surface area contributed by atoms with Crippen molar-refractivity contribution < 1.29 is 85.1 Å². The third kappa shape index (κ3) is 25.6. The molecule has 0 aliphatic carbocycles. The van der Waals surface area contributed by atoms with E-state index in [1.165, 1.54) is 51.7 Å². The van der Waals surface area contributed by atoms with Crippen LogP contribution in [0.25, 0.3) is 70.2 Å². The van der Waals surface area contributed by atoms with Gasteiger partial charge in [0.15, 0.2) is 46.0 Å². The number of halogens is 6. The highest BCUT2D eigenvalue weighted by molar-refractivity contribution is 9.10. The largest absolute Gasteiger partial charge is 0.504 e. The Morgan fingerprint density at radius 2 is 0.867 bits per heavy atom. The normalized spacial score (nSPS) is 13.7. The number of hydrogen-bond donors (Lipinski definition) is 6. The van der Waals surface area contributed by atoms with Crippen LogP contribution in [0.4, 0.5) is 22.8 Å². The van der Waals surface area contributed by atoms with Crippen LogP contribution in [0, 0.1) is 64.9 Å². The van der Waals surface area contributed by atoms with Gasteiger partial charge >= 0.3 is 24.6 Å². The smallest absolute Gasteiger partial charge is 0.407 e. The molecule has 0 aromatic heterocycles. The van der Waals surface area contributed by atoms with Gasteiger partial charge in [-0.25, -0.2) is 40.7 Å². The second-order valence-electron chi connectivity index (χ2n) is 28.9. The Kier molecular flexibility index (Phi) is 33.3. The van der Waals surface area contributed by atoms with Gasteiger partial charge in [0.1, 0.15) is 58.6 Å². The van der Waals surface area contributed by atoms with Crippen LogP contribution in [-0.4, -0.2) is 99.9 Å². The van der Waals surface area contributed by atoms with Crippen molar-refractivity contribution in [1.82, 2.24) is 10.6 Å². The third-order valence-corrected chi connectivity index (χ3v) is 19.3. The van der Waals surface area contributed by atoms with Crippen molar-refractivity contribution in [3.05, 3.63) is 275 Å². The van der Waals surface area contributed by atoms with Gasteiger partial charge in [-0.05, 0) is 244 Å². The molecule has 628 valence electrons. The van der Waals surface area contributed by atoms with Gasteiger partial charge in [0.05, 0.1) is 41.0 Å². The molecule has 2 amide bonds. The first-order chi connectivity index (χ1) is 57.0. The summed E-state index contributed by atoms with van der Waals surface area (Å²) < 4.78 is 107. The quantitative estimate of drug-likeness (QED) is 0.0336. The minimum absolute atomic E-state index is 0.0169. The zero-order valence-electron chi connectivity index (χ0n) is 68.4. The molecule has 0 radical (unpaired) electrons. The monoisotopic (exact) mass is 1790 g/mol. The van der Waals surface area contributed by atoms with Crippen LogP contribution < -0.4 is 64.7 Å². The fourth-order valence-corrected chi connectivity index (χ4v) is 12.9. The van der Waals surface area contributed by atoms with Crippen LogP contribution in [-0.2, 0) is 29.1 Å². The number of carbonyl (C=O) groups excluding carboxylic acids is 2. The Balaban J connectivity index is 0.000000195. The maximum absolute atomic E-state index is 15.3. The summed E-state index contributed by atoms with van der Waals surface area (Å²) in [4.78, 5) is 33.3. The van der Waals surface area contributed by atoms with Crippen LogP contribution in [0.1, 0.15) is 80.5 Å². The van der Waals surface area contributed by atoms with Gasteiger partial charge in [-0.1, -0.05) is 105 Å². The number of methoxy groups -OCH3 is 3. The number of phenolic OH excluding ortho intramolecular Hbond substituents is 2. The molecule has 10 aromatic carbocycles. The number of nitrogens with two attached hydrogens (primary N) is 2. The molecule has 10 aromatic rings. The lowest BCUT2D eigenvalue weighted by atomic mass is 9.92. The van der Waals surface area contributed by atoms with Crippen molar-refractivity contribution in [3.8, 4) is 119 Å². The Morgan fingerprint density at radius 3 is 1.26 bits per heavy atom. The van der Waals surface area contributed by atoms with Gasteiger partial charge in [-0.3, -0.25) is 9.69 Å². The molecule has 3 aliphatic heterocycles. The van der Waals surface area contributed by atoms with Gasteiger partial charge in [0.2, 0.25) is 18.4 Å². The van der Waals surface area contributed by atoms with Crippen molar-refractivity contribution in [2.24, 2.45) is 11.5 Å². The molecule has 28 heteroatoms. The fraction of sp³-hybridized carbons (Fsp3) is 0.272. The van der Waals surface area contributed by atoms with Gasteiger partial charge in [-0.15, -0.1) is 11.6 Å². The van der Waals surface area contributed by atoms with E-state index < -0.39 is 47.5 Å². The minimum atomic E-state index is -0.672. The van der Waals surface area contributed by atoms with E-state index in [0.717, 1.165) is 81.3 Å². The predicted octanol–water partition coefficient (Wildman–Crippen LogP) is 21.6. The number of phenols is 2. The van der Waals surface area contributed by atoms with Crippen molar-refractivity contribution in [2.75, 3.05) is 47.7 Å². The number of ether oxygens (including phenoxy) is 11. The number of carbonyl (C=O) groups is 2. The summed E-state index contributed by atoms with van der Waals surface area (Å²) in [6.45, 7) is 43.1. The number of fused-ring (bicyclic) bond motifs is 3. The summed E-state index contributed by atoms with van der Waals surface area (Å²) in [6.07, 6.45) is -2.58. The topological polar surface area (TPSA) is 265 Å². The molecular weight excluding hydrogens is 1700 g/mol. The second-order valence-corrected chi connectivity index (χ2v) is 31.2. The molecular formula is C92H93Br2ClF3N7O15. The first kappa shape index (κ1) is 93.2. The number of benzene rings is 10. The van der Waals surface area contributed by atoms with Crippen LogP contribution in [0.2, 0.25) is 0 Å². The molecule has 22 nitrogen and oxygen atoms in total. The highest BCUT2D eigenvalue weighted by atomic mass is 79.9. The van der Waals surface area contributed by atoms with Crippen molar-refractivity contribution in [3.63, 3.8) is 0 Å². The van der Waals surface area contributed by atoms with E-state index in [1.807, 2.05) is 137 Å². The Bertz CT molecular complexity index is 5490. The number of alkyl carbamates (subject to hydrolysis) is 2. The first-order valence-corrected chi connectivity index (χ1v) is 39.3. The molecule has 120 heavy (non-hydrogen) atoms. The number of nitrogens with zero attached hydrogens (tertiary/aromatic N) is 3. The molecule has 0 saturated heterocycles.